The van der Waals surface area contributed by atoms with Crippen LogP contribution in [0.2, 0.25) is 0 Å². The van der Waals surface area contributed by atoms with E-state index < -0.39 is 28.3 Å². The molecule has 0 spiro atoms. The maximum atomic E-state index is 12.7. The molecule has 0 bridgehead atoms. The summed E-state index contributed by atoms with van der Waals surface area (Å²) in [6.45, 7) is -0.105. The summed E-state index contributed by atoms with van der Waals surface area (Å²) in [5.41, 5.74) is -0.962. The third-order valence-corrected chi connectivity index (χ3v) is 4.63. The van der Waals surface area contributed by atoms with Gasteiger partial charge < -0.3 is 15.4 Å². The average Bonchev–Trinajstić information content (AvgIpc) is 2.67. The van der Waals surface area contributed by atoms with Crippen molar-refractivity contribution in [2.75, 3.05) is 30.1 Å². The predicted octanol–water partition coefficient (Wildman–Crippen LogP) is 3.93. The van der Waals surface area contributed by atoms with Crippen LogP contribution >= 0.6 is 11.8 Å². The SMILES string of the molecule is COCC(=O)Nc1ccc(NC(=O)CSc2ccc(C(F)(F)F)cc2[N+](=O)[O-])cc1. The van der Waals surface area contributed by atoms with Crippen molar-refractivity contribution in [2.24, 2.45) is 0 Å². The van der Waals surface area contributed by atoms with Crippen LogP contribution in [-0.2, 0) is 20.5 Å². The van der Waals surface area contributed by atoms with Gasteiger partial charge >= 0.3 is 6.18 Å². The Hall–Kier alpha value is -3.12. The Balaban J connectivity index is 1.97. The molecule has 0 saturated carbocycles. The predicted molar refractivity (Wildman–Crippen MR) is 104 cm³/mol. The van der Waals surface area contributed by atoms with Gasteiger partial charge in [0.05, 0.1) is 21.1 Å². The van der Waals surface area contributed by atoms with Crippen molar-refractivity contribution in [1.29, 1.82) is 0 Å². The fourth-order valence-electron chi connectivity index (χ4n) is 2.26. The number of hydrogen-bond donors (Lipinski definition) is 2. The van der Waals surface area contributed by atoms with Crippen molar-refractivity contribution in [1.82, 2.24) is 0 Å². The number of amides is 2. The molecule has 2 aromatic carbocycles. The fraction of sp³-hybridized carbons (Fsp3) is 0.222. The maximum absolute atomic E-state index is 12.7. The number of methoxy groups -OCH3 is 1. The summed E-state index contributed by atoms with van der Waals surface area (Å²) >= 11 is 0.747. The van der Waals surface area contributed by atoms with Crippen LogP contribution in [0.1, 0.15) is 5.56 Å². The Morgan fingerprint density at radius 3 is 2.13 bits per heavy atom. The standard InChI is InChI=1S/C18H16F3N3O5S/c1-29-9-16(25)22-12-3-5-13(6-4-12)23-17(26)10-30-15-7-2-11(18(19,20)21)8-14(15)24(27)28/h2-8H,9-10H2,1H3,(H,22,25)(H,23,26). The zero-order chi connectivity index (χ0) is 22.3. The molecule has 12 heteroatoms. The minimum absolute atomic E-state index is 0.0562. The van der Waals surface area contributed by atoms with E-state index in [4.69, 9.17) is 4.74 Å². The minimum Gasteiger partial charge on any atom is -0.375 e. The highest BCUT2D eigenvalue weighted by atomic mass is 32.2. The number of rotatable bonds is 8. The van der Waals surface area contributed by atoms with E-state index in [2.05, 4.69) is 10.6 Å². The average molecular weight is 443 g/mol. The lowest BCUT2D eigenvalue weighted by atomic mass is 10.2. The number of anilines is 2. The van der Waals surface area contributed by atoms with Gasteiger partial charge in [0, 0.05) is 24.6 Å². The first-order valence-electron chi connectivity index (χ1n) is 8.27. The summed E-state index contributed by atoms with van der Waals surface area (Å²) in [7, 11) is 1.38. The fourth-order valence-corrected chi connectivity index (χ4v) is 3.07. The van der Waals surface area contributed by atoms with E-state index in [0.717, 1.165) is 23.9 Å². The van der Waals surface area contributed by atoms with Crippen LogP contribution in [-0.4, -0.2) is 36.2 Å². The summed E-state index contributed by atoms with van der Waals surface area (Å²) in [4.78, 5) is 33.6. The molecule has 0 unspecified atom stereocenters. The van der Waals surface area contributed by atoms with E-state index in [9.17, 15) is 32.9 Å². The van der Waals surface area contributed by atoms with Crippen molar-refractivity contribution < 1.29 is 32.4 Å². The highest BCUT2D eigenvalue weighted by molar-refractivity contribution is 8.00. The van der Waals surface area contributed by atoms with Crippen LogP contribution < -0.4 is 10.6 Å². The molecule has 0 fully saturated rings. The number of ether oxygens (including phenoxy) is 1. The Morgan fingerprint density at radius 1 is 1.07 bits per heavy atom. The van der Waals surface area contributed by atoms with Crippen molar-refractivity contribution >= 4 is 40.6 Å². The van der Waals surface area contributed by atoms with E-state index in [1.807, 2.05) is 0 Å². The van der Waals surface area contributed by atoms with Gasteiger partial charge in [0.1, 0.15) is 6.61 Å². The molecule has 2 aromatic rings. The number of nitro benzene ring substituents is 1. The molecular formula is C18H16F3N3O5S. The first kappa shape index (κ1) is 23.2. The highest BCUT2D eigenvalue weighted by Crippen LogP contribution is 2.36. The maximum Gasteiger partial charge on any atom is 0.416 e. The molecule has 0 aliphatic rings. The van der Waals surface area contributed by atoms with Gasteiger partial charge in [-0.15, -0.1) is 11.8 Å². The zero-order valence-corrected chi connectivity index (χ0v) is 16.3. The Bertz CT molecular complexity index is 936. The number of nitrogens with one attached hydrogen (secondary N) is 2. The lowest BCUT2D eigenvalue weighted by Gasteiger charge is -2.09. The molecule has 0 aliphatic heterocycles. The molecule has 0 atom stereocenters. The lowest BCUT2D eigenvalue weighted by molar-refractivity contribution is -0.388. The Labute approximate surface area is 172 Å². The second-order valence-corrected chi connectivity index (χ2v) is 6.85. The summed E-state index contributed by atoms with van der Waals surface area (Å²) < 4.78 is 42.9. The molecule has 0 heterocycles. The number of hydrogen-bond acceptors (Lipinski definition) is 6. The van der Waals surface area contributed by atoms with Crippen LogP contribution in [0.25, 0.3) is 0 Å². The van der Waals surface area contributed by atoms with E-state index >= 15 is 0 Å². The van der Waals surface area contributed by atoms with Gasteiger partial charge in [-0.1, -0.05) is 0 Å². The van der Waals surface area contributed by atoms with Gasteiger partial charge in [-0.25, -0.2) is 0 Å². The summed E-state index contributed by atoms with van der Waals surface area (Å²) in [6, 6.07) is 8.31. The van der Waals surface area contributed by atoms with Gasteiger partial charge in [-0.05, 0) is 36.4 Å². The number of carbonyl (C=O) groups excluding carboxylic acids is 2. The lowest BCUT2D eigenvalue weighted by Crippen LogP contribution is -2.17. The van der Waals surface area contributed by atoms with Crippen LogP contribution in [0, 0.1) is 10.1 Å². The molecule has 30 heavy (non-hydrogen) atoms. The van der Waals surface area contributed by atoms with Crippen molar-refractivity contribution in [2.45, 2.75) is 11.1 Å². The molecule has 0 aliphatic carbocycles. The van der Waals surface area contributed by atoms with Crippen LogP contribution in [0.4, 0.5) is 30.2 Å². The van der Waals surface area contributed by atoms with Gasteiger partial charge in [-0.2, -0.15) is 13.2 Å². The number of halogens is 3. The normalized spacial score (nSPS) is 11.1. The van der Waals surface area contributed by atoms with Crippen LogP contribution in [0.15, 0.2) is 47.4 Å². The van der Waals surface area contributed by atoms with Gasteiger partial charge in [0.25, 0.3) is 5.69 Å². The molecule has 0 saturated heterocycles. The van der Waals surface area contributed by atoms with Gasteiger partial charge in [-0.3, -0.25) is 19.7 Å². The smallest absolute Gasteiger partial charge is 0.375 e. The number of alkyl halides is 3. The zero-order valence-electron chi connectivity index (χ0n) is 15.5. The Kier molecular flexibility index (Phi) is 7.78. The molecule has 2 amide bonds. The highest BCUT2D eigenvalue weighted by Gasteiger charge is 2.33. The van der Waals surface area contributed by atoms with Gasteiger partial charge in [0.2, 0.25) is 11.8 Å². The number of carbonyl (C=O) groups is 2. The summed E-state index contributed by atoms with van der Waals surface area (Å²) in [6.07, 6.45) is -4.71. The summed E-state index contributed by atoms with van der Waals surface area (Å²) in [5.74, 6) is -1.10. The van der Waals surface area contributed by atoms with E-state index in [0.29, 0.717) is 17.4 Å². The number of benzene rings is 2. The first-order valence-corrected chi connectivity index (χ1v) is 9.26. The summed E-state index contributed by atoms with van der Waals surface area (Å²) in [5, 5.41) is 16.2. The second kappa shape index (κ2) is 10.1. The van der Waals surface area contributed by atoms with Crippen LogP contribution in [0.5, 0.6) is 0 Å². The third kappa shape index (κ3) is 6.74. The van der Waals surface area contributed by atoms with Gasteiger partial charge in [0.15, 0.2) is 0 Å². The Morgan fingerprint density at radius 2 is 1.63 bits per heavy atom. The number of thioether (sulfide) groups is 1. The minimum atomic E-state index is -4.71. The largest absolute Gasteiger partial charge is 0.416 e. The van der Waals surface area contributed by atoms with Crippen molar-refractivity contribution in [3.8, 4) is 0 Å². The van der Waals surface area contributed by atoms with Crippen molar-refractivity contribution in [3.05, 3.63) is 58.1 Å². The second-order valence-electron chi connectivity index (χ2n) is 5.83. The van der Waals surface area contributed by atoms with E-state index in [-0.39, 0.29) is 23.2 Å². The topological polar surface area (TPSA) is 111 Å². The van der Waals surface area contributed by atoms with E-state index in [1.165, 1.54) is 19.2 Å². The number of nitro groups is 1. The van der Waals surface area contributed by atoms with E-state index in [1.54, 1.807) is 12.1 Å². The number of nitrogens with zero attached hydrogens (tertiary/aromatic N) is 1. The molecule has 2 N–H and O–H groups in total. The first-order chi connectivity index (χ1) is 14.1. The quantitative estimate of drug-likeness (QED) is 0.363. The monoisotopic (exact) mass is 443 g/mol. The molecular weight excluding hydrogens is 427 g/mol. The third-order valence-electron chi connectivity index (χ3n) is 3.57. The molecule has 8 nitrogen and oxygen atoms in total. The van der Waals surface area contributed by atoms with Crippen molar-refractivity contribution in [3.63, 3.8) is 0 Å². The molecule has 2 rings (SSSR count). The molecule has 0 radical (unpaired) electrons. The molecule has 0 aromatic heterocycles. The van der Waals surface area contributed by atoms with Crippen LogP contribution in [0.3, 0.4) is 0 Å². The molecule has 160 valence electrons.